The first-order chi connectivity index (χ1) is 14.3. The van der Waals surface area contributed by atoms with Crippen molar-refractivity contribution in [3.8, 4) is 0 Å². The van der Waals surface area contributed by atoms with Gasteiger partial charge in [-0.1, -0.05) is 43.3 Å². The number of thiophene rings is 1. The van der Waals surface area contributed by atoms with Crippen LogP contribution >= 0.6 is 35.3 Å². The van der Waals surface area contributed by atoms with Crippen molar-refractivity contribution in [1.82, 2.24) is 20.2 Å². The number of hydrogen-bond acceptors (Lipinski definition) is 3. The summed E-state index contributed by atoms with van der Waals surface area (Å²) in [7, 11) is 0. The predicted molar refractivity (Wildman–Crippen MR) is 138 cm³/mol. The summed E-state index contributed by atoms with van der Waals surface area (Å²) in [6.07, 6.45) is 6.09. The van der Waals surface area contributed by atoms with Gasteiger partial charge in [0.25, 0.3) is 0 Å². The van der Waals surface area contributed by atoms with E-state index in [2.05, 4.69) is 88.1 Å². The number of nitrogens with one attached hydrogen (secondary N) is 2. The van der Waals surface area contributed by atoms with Crippen LogP contribution in [0.15, 0.2) is 65.2 Å². The van der Waals surface area contributed by atoms with Gasteiger partial charge in [0.2, 0.25) is 0 Å². The molecule has 0 fully saturated rings. The van der Waals surface area contributed by atoms with Gasteiger partial charge in [0.05, 0.1) is 0 Å². The Bertz CT molecular complexity index is 861. The summed E-state index contributed by atoms with van der Waals surface area (Å²) in [6.45, 7) is 7.55. The van der Waals surface area contributed by atoms with Gasteiger partial charge in [-0.2, -0.15) is 0 Å². The lowest BCUT2D eigenvalue weighted by Crippen LogP contribution is -2.39. The van der Waals surface area contributed by atoms with Crippen LogP contribution in [0, 0.1) is 0 Å². The minimum atomic E-state index is 0. The SMILES string of the molecule is CCNC(=NCc1nccn1CCCc1ccccc1)NCC(C)c1cccs1.I. The second-order valence-corrected chi connectivity index (χ2v) is 8.10. The van der Waals surface area contributed by atoms with E-state index in [0.29, 0.717) is 12.5 Å². The lowest BCUT2D eigenvalue weighted by molar-refractivity contribution is 0.610. The Morgan fingerprint density at radius 2 is 2.00 bits per heavy atom. The summed E-state index contributed by atoms with van der Waals surface area (Å²) >= 11 is 1.80. The molecule has 7 heteroatoms. The molecule has 3 aromatic rings. The zero-order valence-electron chi connectivity index (χ0n) is 17.8. The Balaban J connectivity index is 0.00000320. The van der Waals surface area contributed by atoms with Gasteiger partial charge in [-0.05, 0) is 36.8 Å². The molecule has 0 aliphatic rings. The van der Waals surface area contributed by atoms with Gasteiger partial charge in [0, 0.05) is 42.8 Å². The minimum Gasteiger partial charge on any atom is -0.357 e. The minimum absolute atomic E-state index is 0. The first-order valence-corrected chi connectivity index (χ1v) is 11.2. The van der Waals surface area contributed by atoms with Gasteiger partial charge in [-0.25, -0.2) is 9.98 Å². The molecule has 0 saturated heterocycles. The van der Waals surface area contributed by atoms with Crippen molar-refractivity contribution < 1.29 is 0 Å². The zero-order chi connectivity index (χ0) is 20.3. The monoisotopic (exact) mass is 537 g/mol. The average molecular weight is 538 g/mol. The summed E-state index contributed by atoms with van der Waals surface area (Å²) in [4.78, 5) is 10.7. The molecule has 0 saturated carbocycles. The fraction of sp³-hybridized carbons (Fsp3) is 0.391. The van der Waals surface area contributed by atoms with E-state index in [1.54, 1.807) is 11.3 Å². The van der Waals surface area contributed by atoms with Crippen LogP contribution in [0.3, 0.4) is 0 Å². The molecule has 1 atom stereocenters. The van der Waals surface area contributed by atoms with Crippen molar-refractivity contribution in [2.24, 2.45) is 4.99 Å². The maximum absolute atomic E-state index is 4.75. The van der Waals surface area contributed by atoms with E-state index in [9.17, 15) is 0 Å². The second-order valence-electron chi connectivity index (χ2n) is 7.12. The molecule has 0 amide bonds. The van der Waals surface area contributed by atoms with Gasteiger partial charge in [-0.3, -0.25) is 0 Å². The fourth-order valence-corrected chi connectivity index (χ4v) is 3.99. The molecular weight excluding hydrogens is 505 g/mol. The number of halogens is 1. The number of aryl methyl sites for hydroxylation is 2. The summed E-state index contributed by atoms with van der Waals surface area (Å²) in [5.74, 6) is 2.30. The molecule has 30 heavy (non-hydrogen) atoms. The lowest BCUT2D eigenvalue weighted by atomic mass is 10.1. The smallest absolute Gasteiger partial charge is 0.191 e. The van der Waals surface area contributed by atoms with Crippen LogP contribution in [0.5, 0.6) is 0 Å². The van der Waals surface area contributed by atoms with Crippen molar-refractivity contribution in [1.29, 1.82) is 0 Å². The molecule has 5 nitrogen and oxygen atoms in total. The number of benzene rings is 1. The molecular formula is C23H32IN5S. The number of nitrogens with zero attached hydrogens (tertiary/aromatic N) is 3. The van der Waals surface area contributed by atoms with Crippen LogP contribution in [0.2, 0.25) is 0 Å². The molecule has 0 spiro atoms. The summed E-state index contributed by atoms with van der Waals surface area (Å²) in [5.41, 5.74) is 1.38. The Morgan fingerprint density at radius 3 is 2.73 bits per heavy atom. The number of guanidine groups is 1. The number of aromatic nitrogens is 2. The van der Waals surface area contributed by atoms with E-state index in [4.69, 9.17) is 4.99 Å². The van der Waals surface area contributed by atoms with Gasteiger partial charge in [0.1, 0.15) is 12.4 Å². The maximum atomic E-state index is 4.75. The molecule has 3 rings (SSSR count). The van der Waals surface area contributed by atoms with Gasteiger partial charge in [0.15, 0.2) is 5.96 Å². The molecule has 0 aliphatic carbocycles. The molecule has 0 bridgehead atoms. The van der Waals surface area contributed by atoms with E-state index in [-0.39, 0.29) is 24.0 Å². The topological polar surface area (TPSA) is 54.2 Å². The third-order valence-corrected chi connectivity index (χ3v) is 5.94. The van der Waals surface area contributed by atoms with Crippen molar-refractivity contribution in [3.05, 3.63) is 76.5 Å². The highest BCUT2D eigenvalue weighted by Crippen LogP contribution is 2.19. The Kier molecular flexibility index (Phi) is 10.9. The highest BCUT2D eigenvalue weighted by Gasteiger charge is 2.08. The van der Waals surface area contributed by atoms with Crippen molar-refractivity contribution in [3.63, 3.8) is 0 Å². The quantitative estimate of drug-likeness (QED) is 0.216. The van der Waals surface area contributed by atoms with Gasteiger partial charge < -0.3 is 15.2 Å². The highest BCUT2D eigenvalue weighted by atomic mass is 127. The van der Waals surface area contributed by atoms with Crippen LogP contribution in [-0.4, -0.2) is 28.6 Å². The second kappa shape index (κ2) is 13.4. The Morgan fingerprint density at radius 1 is 1.17 bits per heavy atom. The van der Waals surface area contributed by atoms with Crippen LogP contribution < -0.4 is 10.6 Å². The zero-order valence-corrected chi connectivity index (χ0v) is 20.9. The molecule has 2 aromatic heterocycles. The molecule has 0 radical (unpaired) electrons. The fourth-order valence-electron chi connectivity index (χ4n) is 3.21. The summed E-state index contributed by atoms with van der Waals surface area (Å²) in [5, 5.41) is 8.93. The number of rotatable bonds is 10. The van der Waals surface area contributed by atoms with Gasteiger partial charge in [-0.15, -0.1) is 35.3 Å². The standard InChI is InChI=1S/C23H31N5S.HI/c1-3-24-23(26-17-19(2)21-12-8-16-29-21)27-18-22-25-13-15-28(22)14-7-11-20-9-5-4-6-10-20;/h4-6,8-10,12-13,15-16,19H,3,7,11,14,17-18H2,1-2H3,(H2,24,26,27);1H. The number of imidazole rings is 1. The molecule has 0 aliphatic heterocycles. The number of aliphatic imine (C=N–C) groups is 1. The van der Waals surface area contributed by atoms with E-state index in [0.717, 1.165) is 44.3 Å². The average Bonchev–Trinajstić information content (AvgIpc) is 3.43. The van der Waals surface area contributed by atoms with Crippen LogP contribution in [0.1, 0.15) is 42.5 Å². The molecule has 2 N–H and O–H groups in total. The first-order valence-electron chi connectivity index (χ1n) is 10.4. The normalized spacial score (nSPS) is 12.3. The highest BCUT2D eigenvalue weighted by molar-refractivity contribution is 14.0. The third-order valence-electron chi connectivity index (χ3n) is 4.84. The van der Waals surface area contributed by atoms with E-state index in [1.807, 2.05) is 6.20 Å². The molecule has 1 aromatic carbocycles. The molecule has 162 valence electrons. The number of hydrogen-bond donors (Lipinski definition) is 2. The Labute approximate surface area is 201 Å². The van der Waals surface area contributed by atoms with E-state index in [1.165, 1.54) is 10.4 Å². The first kappa shape index (κ1) is 24.4. The van der Waals surface area contributed by atoms with Crippen LogP contribution in [-0.2, 0) is 19.5 Å². The molecule has 2 heterocycles. The van der Waals surface area contributed by atoms with Crippen molar-refractivity contribution in [2.75, 3.05) is 13.1 Å². The largest absolute Gasteiger partial charge is 0.357 e. The van der Waals surface area contributed by atoms with E-state index < -0.39 is 0 Å². The third kappa shape index (κ3) is 7.75. The van der Waals surface area contributed by atoms with Crippen LogP contribution in [0.4, 0.5) is 0 Å². The maximum Gasteiger partial charge on any atom is 0.191 e. The Hall–Kier alpha value is -1.87. The van der Waals surface area contributed by atoms with Gasteiger partial charge >= 0.3 is 0 Å². The lowest BCUT2D eigenvalue weighted by Gasteiger charge is -2.15. The van der Waals surface area contributed by atoms with Crippen molar-refractivity contribution >= 4 is 41.3 Å². The van der Waals surface area contributed by atoms with E-state index >= 15 is 0 Å². The summed E-state index contributed by atoms with van der Waals surface area (Å²) < 4.78 is 2.21. The van der Waals surface area contributed by atoms with Crippen LogP contribution in [0.25, 0.3) is 0 Å². The predicted octanol–water partition coefficient (Wildman–Crippen LogP) is 5.05. The summed E-state index contributed by atoms with van der Waals surface area (Å²) in [6, 6.07) is 14.9. The van der Waals surface area contributed by atoms with Crippen molar-refractivity contribution in [2.45, 2.75) is 45.7 Å². The molecule has 1 unspecified atom stereocenters.